The zero-order valence-corrected chi connectivity index (χ0v) is 8.93. The minimum atomic E-state index is 0.936. The van der Waals surface area contributed by atoms with Gasteiger partial charge in [0.2, 0.25) is 0 Å². The molecule has 0 saturated carbocycles. The van der Waals surface area contributed by atoms with Crippen LogP contribution in [0.25, 0.3) is 4.91 Å². The van der Waals surface area contributed by atoms with E-state index in [1.807, 2.05) is 11.4 Å². The highest BCUT2D eigenvalue weighted by molar-refractivity contribution is 8.08. The summed E-state index contributed by atoms with van der Waals surface area (Å²) in [4.78, 5) is 2.26. The summed E-state index contributed by atoms with van der Waals surface area (Å²) in [6.07, 6.45) is 0. The third kappa shape index (κ3) is 2.05. The molecule has 1 aromatic rings. The highest BCUT2D eigenvalue weighted by Gasteiger charge is 2.07. The summed E-state index contributed by atoms with van der Waals surface area (Å²) in [5, 5.41) is 2.02. The second-order valence-corrected chi connectivity index (χ2v) is 4.45. The molecule has 0 aliphatic heterocycles. The number of hydrogen-bond acceptors (Lipinski definition) is 3. The topological polar surface area (TPSA) is 9.23 Å². The summed E-state index contributed by atoms with van der Waals surface area (Å²) >= 11 is 3.43. The second kappa shape index (κ2) is 4.58. The van der Waals surface area contributed by atoms with E-state index in [2.05, 4.69) is 13.5 Å². The van der Waals surface area contributed by atoms with Gasteiger partial charge in [-0.3, -0.25) is 0 Å². The van der Waals surface area contributed by atoms with Gasteiger partial charge in [-0.05, 0) is 17.2 Å². The standard InChI is InChI=1S/C9H12OS2/c1-4-11-7(2)9-8(10-3)5-6-12-9/h5-6H,2,4H2,1,3H3. The van der Waals surface area contributed by atoms with Gasteiger partial charge in [-0.25, -0.2) is 0 Å². The lowest BCUT2D eigenvalue weighted by atomic mass is 10.4. The van der Waals surface area contributed by atoms with Gasteiger partial charge in [-0.1, -0.05) is 13.5 Å². The number of thiophene rings is 1. The van der Waals surface area contributed by atoms with Crippen LogP contribution in [-0.2, 0) is 0 Å². The van der Waals surface area contributed by atoms with Crippen molar-refractivity contribution >= 4 is 28.0 Å². The first-order valence-corrected chi connectivity index (χ1v) is 5.59. The van der Waals surface area contributed by atoms with Crippen molar-refractivity contribution in [3.05, 3.63) is 22.9 Å². The number of methoxy groups -OCH3 is 1. The lowest BCUT2D eigenvalue weighted by molar-refractivity contribution is 0.416. The molecule has 0 fully saturated rings. The van der Waals surface area contributed by atoms with Crippen LogP contribution in [0, 0.1) is 0 Å². The van der Waals surface area contributed by atoms with Crippen LogP contribution >= 0.6 is 23.1 Å². The van der Waals surface area contributed by atoms with E-state index in [9.17, 15) is 0 Å². The summed E-state index contributed by atoms with van der Waals surface area (Å²) in [6.45, 7) is 6.11. The molecule has 12 heavy (non-hydrogen) atoms. The number of thioether (sulfide) groups is 1. The van der Waals surface area contributed by atoms with E-state index < -0.39 is 0 Å². The largest absolute Gasteiger partial charge is 0.495 e. The average molecular weight is 200 g/mol. The van der Waals surface area contributed by atoms with E-state index in [-0.39, 0.29) is 0 Å². The third-order valence-corrected chi connectivity index (χ3v) is 3.35. The Bertz CT molecular complexity index is 265. The van der Waals surface area contributed by atoms with Crippen molar-refractivity contribution in [3.8, 4) is 5.75 Å². The van der Waals surface area contributed by atoms with Gasteiger partial charge in [0.1, 0.15) is 5.75 Å². The first-order valence-electron chi connectivity index (χ1n) is 3.73. The van der Waals surface area contributed by atoms with E-state index in [0.29, 0.717) is 0 Å². The molecule has 0 aromatic carbocycles. The molecule has 1 rings (SSSR count). The van der Waals surface area contributed by atoms with Crippen LogP contribution in [-0.4, -0.2) is 12.9 Å². The van der Waals surface area contributed by atoms with Crippen molar-refractivity contribution in [2.45, 2.75) is 6.92 Å². The molecule has 0 aliphatic carbocycles. The van der Waals surface area contributed by atoms with E-state index >= 15 is 0 Å². The van der Waals surface area contributed by atoms with Gasteiger partial charge in [-0.2, -0.15) is 0 Å². The van der Waals surface area contributed by atoms with Gasteiger partial charge in [0.25, 0.3) is 0 Å². The van der Waals surface area contributed by atoms with Crippen LogP contribution in [0.4, 0.5) is 0 Å². The summed E-state index contributed by atoms with van der Waals surface area (Å²) in [5.74, 6) is 1.99. The predicted octanol–water partition coefficient (Wildman–Crippen LogP) is 3.48. The van der Waals surface area contributed by atoms with Crippen LogP contribution in [0.3, 0.4) is 0 Å². The molecule has 0 aliphatic rings. The minimum Gasteiger partial charge on any atom is -0.495 e. The molecule has 0 radical (unpaired) electrons. The van der Waals surface area contributed by atoms with Crippen molar-refractivity contribution in [2.24, 2.45) is 0 Å². The molecule has 1 nitrogen and oxygen atoms in total. The maximum absolute atomic E-state index is 5.19. The molecular weight excluding hydrogens is 188 g/mol. The highest BCUT2D eigenvalue weighted by atomic mass is 32.2. The van der Waals surface area contributed by atoms with Crippen molar-refractivity contribution in [3.63, 3.8) is 0 Å². The fraction of sp³-hybridized carbons (Fsp3) is 0.333. The maximum atomic E-state index is 5.19. The Morgan fingerprint density at radius 2 is 2.50 bits per heavy atom. The van der Waals surface area contributed by atoms with Crippen LogP contribution in [0.2, 0.25) is 0 Å². The Labute approximate surface area is 81.4 Å². The lowest BCUT2D eigenvalue weighted by Gasteiger charge is -2.03. The van der Waals surface area contributed by atoms with E-state index in [1.54, 1.807) is 30.2 Å². The molecular formula is C9H12OS2. The molecule has 3 heteroatoms. The molecule has 0 amide bonds. The van der Waals surface area contributed by atoms with Crippen molar-refractivity contribution in [2.75, 3.05) is 12.9 Å². The van der Waals surface area contributed by atoms with Gasteiger partial charge in [0.05, 0.1) is 12.0 Å². The third-order valence-electron chi connectivity index (χ3n) is 1.42. The van der Waals surface area contributed by atoms with Crippen molar-refractivity contribution in [1.29, 1.82) is 0 Å². The molecule has 0 bridgehead atoms. The van der Waals surface area contributed by atoms with Crippen molar-refractivity contribution in [1.82, 2.24) is 0 Å². The van der Waals surface area contributed by atoms with E-state index in [0.717, 1.165) is 21.3 Å². The smallest absolute Gasteiger partial charge is 0.137 e. The average Bonchev–Trinajstić information content (AvgIpc) is 2.51. The molecule has 1 heterocycles. The fourth-order valence-electron chi connectivity index (χ4n) is 0.901. The fourth-order valence-corrected chi connectivity index (χ4v) is 2.53. The normalized spacial score (nSPS) is 9.83. The van der Waals surface area contributed by atoms with Crippen LogP contribution in [0.5, 0.6) is 5.75 Å². The molecule has 0 spiro atoms. The summed E-state index contributed by atoms with van der Waals surface area (Å²) in [5.41, 5.74) is 0. The minimum absolute atomic E-state index is 0.936. The van der Waals surface area contributed by atoms with Crippen LogP contribution < -0.4 is 4.74 Å². The summed E-state index contributed by atoms with van der Waals surface area (Å²) in [7, 11) is 1.69. The molecule has 66 valence electrons. The van der Waals surface area contributed by atoms with Gasteiger partial charge < -0.3 is 4.74 Å². The zero-order valence-electron chi connectivity index (χ0n) is 7.29. The highest BCUT2D eigenvalue weighted by Crippen LogP contribution is 2.36. The number of ether oxygens (including phenoxy) is 1. The van der Waals surface area contributed by atoms with E-state index in [1.165, 1.54) is 0 Å². The van der Waals surface area contributed by atoms with Gasteiger partial charge in [0, 0.05) is 4.91 Å². The van der Waals surface area contributed by atoms with Gasteiger partial charge in [-0.15, -0.1) is 23.1 Å². The lowest BCUT2D eigenvalue weighted by Crippen LogP contribution is -1.83. The Morgan fingerprint density at radius 3 is 3.08 bits per heavy atom. The first-order chi connectivity index (χ1) is 5.79. The Morgan fingerprint density at radius 1 is 1.75 bits per heavy atom. The zero-order chi connectivity index (χ0) is 8.97. The SMILES string of the molecule is C=C(SCC)c1sccc1OC. The van der Waals surface area contributed by atoms with Gasteiger partial charge >= 0.3 is 0 Å². The van der Waals surface area contributed by atoms with E-state index in [4.69, 9.17) is 4.74 Å². The van der Waals surface area contributed by atoms with Gasteiger partial charge in [0.15, 0.2) is 0 Å². The molecule has 0 unspecified atom stereocenters. The summed E-state index contributed by atoms with van der Waals surface area (Å²) in [6, 6.07) is 1.97. The predicted molar refractivity (Wildman–Crippen MR) is 58.0 cm³/mol. The van der Waals surface area contributed by atoms with Crippen LogP contribution in [0.1, 0.15) is 11.8 Å². The van der Waals surface area contributed by atoms with Crippen LogP contribution in [0.15, 0.2) is 18.0 Å². The Hall–Kier alpha value is -0.410. The first kappa shape index (κ1) is 9.68. The molecule has 0 N–H and O–H groups in total. The molecule has 1 aromatic heterocycles. The molecule has 0 atom stereocenters. The van der Waals surface area contributed by atoms with Crippen molar-refractivity contribution < 1.29 is 4.74 Å². The monoisotopic (exact) mass is 200 g/mol. The summed E-state index contributed by atoms with van der Waals surface area (Å²) < 4.78 is 5.19. The molecule has 0 saturated heterocycles. The Kier molecular flexibility index (Phi) is 3.69. The number of hydrogen-bond donors (Lipinski definition) is 0. The quantitative estimate of drug-likeness (QED) is 0.736. The number of rotatable bonds is 4. The second-order valence-electron chi connectivity index (χ2n) is 2.17. The maximum Gasteiger partial charge on any atom is 0.137 e. The Balaban J connectivity index is 2.79.